The molecule has 92 valence electrons. The Bertz CT molecular complexity index is 405. The number of carbonyl (C=O) groups is 2. The van der Waals surface area contributed by atoms with Crippen molar-refractivity contribution >= 4 is 28.7 Å². The van der Waals surface area contributed by atoms with Crippen LogP contribution in [0.5, 0.6) is 0 Å². The number of amides is 2. The third kappa shape index (κ3) is 3.63. The highest BCUT2D eigenvalue weighted by Crippen LogP contribution is 2.34. The molecule has 1 atom stereocenters. The van der Waals surface area contributed by atoms with Gasteiger partial charge in [-0.15, -0.1) is 0 Å². The van der Waals surface area contributed by atoms with Crippen LogP contribution in [0.3, 0.4) is 0 Å². The van der Waals surface area contributed by atoms with Crippen molar-refractivity contribution in [2.75, 3.05) is 5.32 Å². The molecule has 1 aliphatic carbocycles. The fourth-order valence-corrected chi connectivity index (χ4v) is 1.87. The van der Waals surface area contributed by atoms with Gasteiger partial charge in [-0.1, -0.05) is 9.59 Å². The molecule has 3 N–H and O–H groups in total. The highest BCUT2D eigenvalue weighted by molar-refractivity contribution is 7.09. The predicted octanol–water partition coefficient (Wildman–Crippen LogP) is 0.308. The number of aromatic nitrogens is 3. The number of hydrogen-bond donors (Lipinski definition) is 3. The van der Waals surface area contributed by atoms with Gasteiger partial charge >= 0.3 is 12.0 Å². The smallest absolute Gasteiger partial charge is 0.321 e. The summed E-state index contributed by atoms with van der Waals surface area (Å²) in [5.41, 5.74) is 0. The Morgan fingerprint density at radius 3 is 2.82 bits per heavy atom. The molecule has 2 rings (SSSR count). The number of aliphatic carboxylic acids is 1. The number of hydrogen-bond acceptors (Lipinski definition) is 6. The van der Waals surface area contributed by atoms with Gasteiger partial charge in [0, 0.05) is 17.6 Å². The number of nitrogens with one attached hydrogen (secondary N) is 2. The first-order chi connectivity index (χ1) is 8.15. The fraction of sp³-hybridized carbons (Fsp3) is 0.625. The van der Waals surface area contributed by atoms with E-state index in [1.165, 1.54) is 0 Å². The Hall–Kier alpha value is -1.77. The van der Waals surface area contributed by atoms with Gasteiger partial charge in [0.2, 0.25) is 5.13 Å². The van der Waals surface area contributed by atoms with E-state index >= 15 is 0 Å². The predicted molar refractivity (Wildman–Crippen MR) is 58.6 cm³/mol. The minimum Gasteiger partial charge on any atom is -0.481 e. The van der Waals surface area contributed by atoms with Crippen LogP contribution in [0.15, 0.2) is 0 Å². The summed E-state index contributed by atoms with van der Waals surface area (Å²) in [6.45, 7) is 0. The van der Waals surface area contributed by atoms with E-state index in [9.17, 15) is 9.59 Å². The lowest BCUT2D eigenvalue weighted by Gasteiger charge is -2.15. The van der Waals surface area contributed by atoms with Gasteiger partial charge in [0.1, 0.15) is 0 Å². The first-order valence-corrected chi connectivity index (χ1v) is 5.87. The quantitative estimate of drug-likeness (QED) is 0.698. The number of anilines is 1. The van der Waals surface area contributed by atoms with Crippen molar-refractivity contribution in [3.63, 3.8) is 0 Å². The van der Waals surface area contributed by atoms with Crippen molar-refractivity contribution in [2.24, 2.45) is 5.92 Å². The summed E-state index contributed by atoms with van der Waals surface area (Å²) < 4.78 is 3.49. The van der Waals surface area contributed by atoms with Crippen LogP contribution in [-0.2, 0) is 4.79 Å². The van der Waals surface area contributed by atoms with Crippen molar-refractivity contribution in [3.8, 4) is 0 Å². The molecule has 2 amide bonds. The molecule has 17 heavy (non-hydrogen) atoms. The lowest BCUT2D eigenvalue weighted by atomic mass is 10.1. The highest BCUT2D eigenvalue weighted by Gasteiger charge is 2.33. The first kappa shape index (κ1) is 11.7. The van der Waals surface area contributed by atoms with Gasteiger partial charge in [-0.25, -0.2) is 4.79 Å². The van der Waals surface area contributed by atoms with Gasteiger partial charge in [-0.2, -0.15) is 0 Å². The molecular formula is C8H11N5O3S. The fourth-order valence-electron chi connectivity index (χ4n) is 1.51. The van der Waals surface area contributed by atoms with Crippen LogP contribution in [0.2, 0.25) is 0 Å². The van der Waals surface area contributed by atoms with Crippen LogP contribution in [0.1, 0.15) is 19.3 Å². The summed E-state index contributed by atoms with van der Waals surface area (Å²) in [5.74, 6) is -0.649. The second kappa shape index (κ2) is 5.04. The van der Waals surface area contributed by atoms with Crippen molar-refractivity contribution < 1.29 is 14.7 Å². The van der Waals surface area contributed by atoms with Gasteiger partial charge in [-0.3, -0.25) is 10.1 Å². The molecular weight excluding hydrogens is 246 g/mol. The summed E-state index contributed by atoms with van der Waals surface area (Å²) in [5, 5.41) is 21.0. The molecule has 9 heteroatoms. The Kier molecular flexibility index (Phi) is 3.47. The molecule has 1 aromatic heterocycles. The van der Waals surface area contributed by atoms with Crippen LogP contribution >= 0.6 is 11.5 Å². The first-order valence-electron chi connectivity index (χ1n) is 5.09. The van der Waals surface area contributed by atoms with Gasteiger partial charge < -0.3 is 10.4 Å². The molecule has 1 aromatic rings. The van der Waals surface area contributed by atoms with Crippen molar-refractivity contribution in [3.05, 3.63) is 0 Å². The lowest BCUT2D eigenvalue weighted by molar-refractivity contribution is -0.137. The number of carboxylic acid groups (broad SMARTS) is 1. The minimum absolute atomic E-state index is 0.0630. The average molecular weight is 257 g/mol. The molecule has 0 spiro atoms. The summed E-state index contributed by atoms with van der Waals surface area (Å²) in [6.07, 6.45) is 1.85. The second-order valence-electron chi connectivity index (χ2n) is 3.81. The minimum atomic E-state index is -0.917. The van der Waals surface area contributed by atoms with E-state index in [1.54, 1.807) is 0 Å². The second-order valence-corrected chi connectivity index (χ2v) is 4.54. The van der Waals surface area contributed by atoms with E-state index in [1.807, 2.05) is 0 Å². The maximum Gasteiger partial charge on any atom is 0.321 e. The molecule has 1 saturated carbocycles. The standard InChI is InChI=1S/C8H11N5O3S/c14-6(15)3-5(4-1-2-4)9-7(16)10-8-11-12-13-17-8/h4-5H,1-3H2,(H,14,15)(H2,9,10,11,13,16). The molecule has 1 fully saturated rings. The molecule has 0 bridgehead atoms. The zero-order valence-electron chi connectivity index (χ0n) is 8.79. The summed E-state index contributed by atoms with van der Waals surface area (Å²) in [4.78, 5) is 22.2. The zero-order chi connectivity index (χ0) is 12.3. The Morgan fingerprint density at radius 1 is 1.53 bits per heavy atom. The monoisotopic (exact) mass is 257 g/mol. The Labute approximate surface area is 101 Å². The maximum atomic E-state index is 11.5. The molecule has 0 radical (unpaired) electrons. The molecule has 0 aromatic carbocycles. The van der Waals surface area contributed by atoms with E-state index in [4.69, 9.17) is 5.11 Å². The van der Waals surface area contributed by atoms with E-state index in [-0.39, 0.29) is 23.5 Å². The van der Waals surface area contributed by atoms with E-state index in [0.29, 0.717) is 0 Å². The SMILES string of the molecule is O=C(O)CC(NC(=O)Nc1nnns1)C1CC1. The third-order valence-corrected chi connectivity index (χ3v) is 2.93. The number of nitrogens with zero attached hydrogens (tertiary/aromatic N) is 3. The Balaban J connectivity index is 1.84. The van der Waals surface area contributed by atoms with Crippen molar-refractivity contribution in [2.45, 2.75) is 25.3 Å². The van der Waals surface area contributed by atoms with Gasteiger partial charge in [-0.05, 0) is 24.0 Å². The van der Waals surface area contributed by atoms with Gasteiger partial charge in [0.25, 0.3) is 0 Å². The van der Waals surface area contributed by atoms with E-state index < -0.39 is 12.0 Å². The molecule has 1 aliphatic rings. The number of carboxylic acids is 1. The normalized spacial score (nSPS) is 16.2. The van der Waals surface area contributed by atoms with Crippen LogP contribution in [0.25, 0.3) is 0 Å². The number of rotatable bonds is 5. The zero-order valence-corrected chi connectivity index (χ0v) is 9.61. The van der Waals surface area contributed by atoms with Crippen LogP contribution < -0.4 is 10.6 Å². The highest BCUT2D eigenvalue weighted by atomic mass is 32.1. The number of carbonyl (C=O) groups excluding carboxylic acids is 1. The third-order valence-electron chi connectivity index (χ3n) is 2.42. The van der Waals surface area contributed by atoms with Gasteiger partial charge in [0.15, 0.2) is 0 Å². The average Bonchev–Trinajstić information content (AvgIpc) is 2.97. The molecule has 1 heterocycles. The van der Waals surface area contributed by atoms with Crippen molar-refractivity contribution in [1.82, 2.24) is 20.1 Å². The summed E-state index contributed by atoms with van der Waals surface area (Å²) in [7, 11) is 0. The molecule has 1 unspecified atom stereocenters. The molecule has 0 aliphatic heterocycles. The number of urea groups is 1. The maximum absolute atomic E-state index is 11.5. The largest absolute Gasteiger partial charge is 0.481 e. The topological polar surface area (TPSA) is 117 Å². The van der Waals surface area contributed by atoms with Crippen LogP contribution in [-0.4, -0.2) is 37.9 Å². The van der Waals surface area contributed by atoms with Crippen molar-refractivity contribution in [1.29, 1.82) is 0 Å². The van der Waals surface area contributed by atoms with Gasteiger partial charge in [0.05, 0.1) is 6.42 Å². The molecule has 8 nitrogen and oxygen atoms in total. The Morgan fingerprint density at radius 2 is 2.29 bits per heavy atom. The summed E-state index contributed by atoms with van der Waals surface area (Å²) in [6, 6.07) is -0.796. The van der Waals surface area contributed by atoms with Crippen LogP contribution in [0.4, 0.5) is 9.93 Å². The lowest BCUT2D eigenvalue weighted by Crippen LogP contribution is -2.40. The van der Waals surface area contributed by atoms with Crippen LogP contribution in [0, 0.1) is 5.92 Å². The van der Waals surface area contributed by atoms with E-state index in [2.05, 4.69) is 25.4 Å². The van der Waals surface area contributed by atoms with E-state index in [0.717, 1.165) is 24.4 Å². The summed E-state index contributed by atoms with van der Waals surface area (Å²) >= 11 is 0.956. The molecule has 0 saturated heterocycles.